The van der Waals surface area contributed by atoms with Crippen molar-refractivity contribution in [2.75, 3.05) is 7.11 Å². The zero-order valence-electron chi connectivity index (χ0n) is 8.70. The fraction of sp³-hybridized carbons (Fsp3) is 0.636. The summed E-state index contributed by atoms with van der Waals surface area (Å²) in [5, 5.41) is 12.6. The molecule has 4 heteroatoms. The van der Waals surface area contributed by atoms with Crippen molar-refractivity contribution in [3.63, 3.8) is 0 Å². The second-order valence-electron chi connectivity index (χ2n) is 4.08. The molecule has 0 radical (unpaired) electrons. The summed E-state index contributed by atoms with van der Waals surface area (Å²) < 4.78 is 6.37. The van der Waals surface area contributed by atoms with Gasteiger partial charge in [-0.15, -0.1) is 11.3 Å². The van der Waals surface area contributed by atoms with E-state index in [9.17, 15) is 5.11 Å². The minimum Gasteiger partial charge on any atom is -0.384 e. The molecular weight excluding hydrogens is 276 g/mol. The van der Waals surface area contributed by atoms with E-state index in [0.29, 0.717) is 6.42 Å². The molecule has 1 saturated carbocycles. The Hall–Kier alpha value is 0.100. The molecule has 15 heavy (non-hydrogen) atoms. The summed E-state index contributed by atoms with van der Waals surface area (Å²) in [5.41, 5.74) is -0.689. The molecule has 1 aromatic rings. The average Bonchev–Trinajstić information content (AvgIpc) is 2.65. The highest BCUT2D eigenvalue weighted by Crippen LogP contribution is 2.43. The zero-order valence-corrected chi connectivity index (χ0v) is 11.1. The summed E-state index contributed by atoms with van der Waals surface area (Å²) in [5.74, 6) is 0. The van der Waals surface area contributed by atoms with Gasteiger partial charge >= 0.3 is 0 Å². The number of hydrogen-bond donors (Lipinski definition) is 1. The van der Waals surface area contributed by atoms with E-state index >= 15 is 0 Å². The number of ether oxygens (including phenoxy) is 1. The molecular formula is C11H15BrO2S. The van der Waals surface area contributed by atoms with E-state index in [0.717, 1.165) is 28.6 Å². The molecule has 0 saturated heterocycles. The van der Waals surface area contributed by atoms with Crippen LogP contribution in [-0.4, -0.2) is 18.3 Å². The van der Waals surface area contributed by atoms with Crippen molar-refractivity contribution in [3.8, 4) is 0 Å². The van der Waals surface area contributed by atoms with Crippen LogP contribution in [-0.2, 0) is 10.3 Å². The van der Waals surface area contributed by atoms with Gasteiger partial charge in [0, 0.05) is 18.0 Å². The van der Waals surface area contributed by atoms with E-state index in [1.165, 1.54) is 0 Å². The molecule has 2 unspecified atom stereocenters. The summed E-state index contributed by atoms with van der Waals surface area (Å²) in [7, 11) is 1.72. The maximum absolute atomic E-state index is 10.6. The fourth-order valence-corrected chi connectivity index (χ4v) is 4.12. The molecule has 1 heterocycles. The lowest BCUT2D eigenvalue weighted by molar-refractivity contribution is -0.0613. The van der Waals surface area contributed by atoms with Crippen molar-refractivity contribution in [3.05, 3.63) is 20.8 Å². The first-order valence-electron chi connectivity index (χ1n) is 5.14. The van der Waals surface area contributed by atoms with Crippen LogP contribution in [0.1, 0.15) is 30.6 Å². The highest BCUT2D eigenvalue weighted by atomic mass is 79.9. The molecule has 0 aromatic carbocycles. The third kappa shape index (κ3) is 2.28. The Labute approximate surface area is 102 Å². The molecule has 1 aliphatic carbocycles. The van der Waals surface area contributed by atoms with Gasteiger partial charge in [0.2, 0.25) is 0 Å². The fourth-order valence-electron chi connectivity index (χ4n) is 2.24. The van der Waals surface area contributed by atoms with Crippen LogP contribution in [0.25, 0.3) is 0 Å². The topological polar surface area (TPSA) is 29.5 Å². The minimum atomic E-state index is -0.689. The lowest BCUT2D eigenvalue weighted by Crippen LogP contribution is -2.35. The highest BCUT2D eigenvalue weighted by Gasteiger charge is 2.38. The summed E-state index contributed by atoms with van der Waals surface area (Å²) in [6, 6.07) is 1.99. The van der Waals surface area contributed by atoms with Crippen molar-refractivity contribution in [1.29, 1.82) is 0 Å². The third-order valence-corrected chi connectivity index (χ3v) is 5.09. The van der Waals surface area contributed by atoms with Crippen LogP contribution in [0, 0.1) is 0 Å². The van der Waals surface area contributed by atoms with E-state index < -0.39 is 5.60 Å². The molecule has 84 valence electrons. The van der Waals surface area contributed by atoms with E-state index in [4.69, 9.17) is 4.74 Å². The molecule has 2 rings (SSSR count). The second-order valence-corrected chi connectivity index (χ2v) is 5.85. The van der Waals surface area contributed by atoms with Crippen molar-refractivity contribution in [1.82, 2.24) is 0 Å². The van der Waals surface area contributed by atoms with Crippen LogP contribution >= 0.6 is 27.3 Å². The summed E-state index contributed by atoms with van der Waals surface area (Å²) in [6.45, 7) is 0. The van der Waals surface area contributed by atoms with Crippen molar-refractivity contribution < 1.29 is 9.84 Å². The second kappa shape index (κ2) is 4.53. The molecule has 0 spiro atoms. The van der Waals surface area contributed by atoms with Gasteiger partial charge in [0.25, 0.3) is 0 Å². The van der Waals surface area contributed by atoms with Crippen LogP contribution in [0.2, 0.25) is 0 Å². The minimum absolute atomic E-state index is 0.192. The summed E-state index contributed by atoms with van der Waals surface area (Å²) in [6.07, 6.45) is 3.83. The van der Waals surface area contributed by atoms with Crippen LogP contribution in [0.4, 0.5) is 0 Å². The highest BCUT2D eigenvalue weighted by molar-refractivity contribution is 9.10. The number of thiophene rings is 1. The lowest BCUT2D eigenvalue weighted by atomic mass is 9.82. The van der Waals surface area contributed by atoms with Crippen LogP contribution in [0.15, 0.2) is 15.9 Å². The third-order valence-electron chi connectivity index (χ3n) is 3.05. The maximum Gasteiger partial charge on any atom is 0.102 e. The summed E-state index contributed by atoms with van der Waals surface area (Å²) >= 11 is 5.10. The standard InChI is InChI=1S/C11H15BrO2S/c1-14-8-3-2-5-11(13,7-8)10-9(12)4-6-15-10/h4,6,8,13H,2-3,5,7H2,1H3. The maximum atomic E-state index is 10.6. The first kappa shape index (κ1) is 11.6. The van der Waals surface area contributed by atoms with Gasteiger partial charge in [-0.2, -0.15) is 0 Å². The van der Waals surface area contributed by atoms with Crippen LogP contribution in [0.5, 0.6) is 0 Å². The van der Waals surface area contributed by atoms with Gasteiger partial charge in [0.05, 0.1) is 11.0 Å². The lowest BCUT2D eigenvalue weighted by Gasteiger charge is -2.35. The quantitative estimate of drug-likeness (QED) is 0.906. The Kier molecular flexibility index (Phi) is 3.50. The van der Waals surface area contributed by atoms with Gasteiger partial charge in [-0.3, -0.25) is 0 Å². The Morgan fingerprint density at radius 3 is 3.07 bits per heavy atom. The summed E-state index contributed by atoms with van der Waals surface area (Å²) in [4.78, 5) is 1.05. The van der Waals surface area contributed by atoms with Crippen molar-refractivity contribution in [2.24, 2.45) is 0 Å². The van der Waals surface area contributed by atoms with Crippen LogP contribution in [0.3, 0.4) is 0 Å². The number of aliphatic hydroxyl groups is 1. The van der Waals surface area contributed by atoms with Gasteiger partial charge in [-0.1, -0.05) is 0 Å². The predicted molar refractivity (Wildman–Crippen MR) is 65.2 cm³/mol. The normalized spacial score (nSPS) is 31.8. The largest absolute Gasteiger partial charge is 0.384 e. The Balaban J connectivity index is 2.22. The average molecular weight is 291 g/mol. The SMILES string of the molecule is COC1CCCC(O)(c2sccc2Br)C1. The van der Waals surface area contributed by atoms with Gasteiger partial charge in [0.15, 0.2) is 0 Å². The monoisotopic (exact) mass is 290 g/mol. The van der Waals surface area contributed by atoms with Gasteiger partial charge in [-0.25, -0.2) is 0 Å². The van der Waals surface area contributed by atoms with Crippen LogP contribution < -0.4 is 0 Å². The van der Waals surface area contributed by atoms with E-state index in [1.807, 2.05) is 11.4 Å². The molecule has 0 aliphatic heterocycles. The van der Waals surface area contributed by atoms with Crippen molar-refractivity contribution >= 4 is 27.3 Å². The van der Waals surface area contributed by atoms with E-state index in [2.05, 4.69) is 15.9 Å². The molecule has 1 fully saturated rings. The van der Waals surface area contributed by atoms with E-state index in [-0.39, 0.29) is 6.10 Å². The Bertz CT molecular complexity index is 339. The molecule has 1 aliphatic rings. The van der Waals surface area contributed by atoms with Gasteiger partial charge < -0.3 is 9.84 Å². The number of hydrogen-bond acceptors (Lipinski definition) is 3. The van der Waals surface area contributed by atoms with Crippen molar-refractivity contribution in [2.45, 2.75) is 37.4 Å². The molecule has 2 nitrogen and oxygen atoms in total. The smallest absolute Gasteiger partial charge is 0.102 e. The zero-order chi connectivity index (χ0) is 10.9. The van der Waals surface area contributed by atoms with Gasteiger partial charge in [-0.05, 0) is 46.6 Å². The molecule has 0 amide bonds. The number of methoxy groups -OCH3 is 1. The number of rotatable bonds is 2. The first-order chi connectivity index (χ1) is 7.15. The predicted octanol–water partition coefficient (Wildman–Crippen LogP) is 3.29. The van der Waals surface area contributed by atoms with Gasteiger partial charge in [0.1, 0.15) is 5.60 Å². The first-order valence-corrected chi connectivity index (χ1v) is 6.81. The molecule has 1 aromatic heterocycles. The molecule has 1 N–H and O–H groups in total. The molecule has 2 atom stereocenters. The molecule has 0 bridgehead atoms. The van der Waals surface area contributed by atoms with E-state index in [1.54, 1.807) is 18.4 Å². The Morgan fingerprint density at radius 2 is 2.47 bits per heavy atom. The Morgan fingerprint density at radius 1 is 1.67 bits per heavy atom. The number of halogens is 1.